The number of rotatable bonds is 1. The molecule has 16 heavy (non-hydrogen) atoms. The Labute approximate surface area is 95.6 Å². The molecular weight excluding hydrogens is 196 g/mol. The van der Waals surface area contributed by atoms with E-state index >= 15 is 0 Å². The third kappa shape index (κ3) is 1.52. The maximum atomic E-state index is 3.26. The summed E-state index contributed by atoms with van der Waals surface area (Å²) in [6.07, 6.45) is 10.9. The average Bonchev–Trinajstić information content (AvgIpc) is 2.75. The number of aryl methyl sites for hydroxylation is 1. The Morgan fingerprint density at radius 3 is 3.12 bits per heavy atom. The number of nitrogens with zero attached hydrogens (tertiary/aromatic N) is 1. The van der Waals surface area contributed by atoms with E-state index in [-0.39, 0.29) is 0 Å². The van der Waals surface area contributed by atoms with Gasteiger partial charge < -0.3 is 10.2 Å². The molecule has 80 valence electrons. The van der Waals surface area contributed by atoms with Crippen LogP contribution in [0.25, 0.3) is 5.57 Å². The molecule has 0 amide bonds. The molecule has 1 aromatic carbocycles. The Bertz CT molecular complexity index is 497. The molecule has 3 rings (SSSR count). The first-order chi connectivity index (χ1) is 7.83. The fourth-order valence-electron chi connectivity index (χ4n) is 2.08. The highest BCUT2D eigenvalue weighted by atomic mass is 15.3. The molecule has 1 N–H and O–H groups in total. The van der Waals surface area contributed by atoms with Crippen LogP contribution >= 0.6 is 0 Å². The van der Waals surface area contributed by atoms with Crippen molar-refractivity contribution in [3.8, 4) is 0 Å². The van der Waals surface area contributed by atoms with Gasteiger partial charge in [-0.3, -0.25) is 0 Å². The lowest BCUT2D eigenvalue weighted by molar-refractivity contribution is 0.428. The number of hydrogen-bond acceptors (Lipinski definition) is 2. The van der Waals surface area contributed by atoms with Gasteiger partial charge in [0.05, 0.1) is 0 Å². The van der Waals surface area contributed by atoms with Crippen LogP contribution in [0, 0.1) is 6.92 Å². The van der Waals surface area contributed by atoms with E-state index in [4.69, 9.17) is 0 Å². The van der Waals surface area contributed by atoms with Crippen molar-refractivity contribution < 1.29 is 0 Å². The standard InChI is InChI=1S/C14H14N2/c1-11-3-2-4-12(9-11)13-5-6-14-15-7-8-16(14)10-13/h2-10,14-15H,1H3. The van der Waals surface area contributed by atoms with Crippen molar-refractivity contribution in [3.63, 3.8) is 0 Å². The Morgan fingerprint density at radius 2 is 2.25 bits per heavy atom. The molecule has 2 nitrogen and oxygen atoms in total. The monoisotopic (exact) mass is 210 g/mol. The zero-order valence-electron chi connectivity index (χ0n) is 9.22. The van der Waals surface area contributed by atoms with Crippen LogP contribution in [0.3, 0.4) is 0 Å². The van der Waals surface area contributed by atoms with Gasteiger partial charge in [-0.2, -0.15) is 0 Å². The van der Waals surface area contributed by atoms with Crippen LogP contribution in [0.5, 0.6) is 0 Å². The van der Waals surface area contributed by atoms with Gasteiger partial charge in [0, 0.05) is 18.6 Å². The van der Waals surface area contributed by atoms with Crippen LogP contribution in [0.4, 0.5) is 0 Å². The van der Waals surface area contributed by atoms with E-state index < -0.39 is 0 Å². The summed E-state index contributed by atoms with van der Waals surface area (Å²) in [5.74, 6) is 0. The smallest absolute Gasteiger partial charge is 0.122 e. The van der Waals surface area contributed by atoms with E-state index in [0.717, 1.165) is 0 Å². The fraction of sp³-hybridized carbons (Fsp3) is 0.143. The van der Waals surface area contributed by atoms with Crippen molar-refractivity contribution in [1.82, 2.24) is 10.2 Å². The van der Waals surface area contributed by atoms with Gasteiger partial charge in [0.15, 0.2) is 0 Å². The molecule has 2 heteroatoms. The van der Waals surface area contributed by atoms with Gasteiger partial charge in [-0.1, -0.05) is 35.9 Å². The number of nitrogens with one attached hydrogen (secondary N) is 1. The highest BCUT2D eigenvalue weighted by Crippen LogP contribution is 2.24. The molecule has 0 bridgehead atoms. The zero-order chi connectivity index (χ0) is 11.0. The van der Waals surface area contributed by atoms with E-state index in [0.29, 0.717) is 6.17 Å². The third-order valence-electron chi connectivity index (χ3n) is 2.93. The number of fused-ring (bicyclic) bond motifs is 1. The van der Waals surface area contributed by atoms with Crippen LogP contribution in [-0.4, -0.2) is 11.1 Å². The Balaban J connectivity index is 1.96. The van der Waals surface area contributed by atoms with Crippen molar-refractivity contribution in [2.24, 2.45) is 0 Å². The lowest BCUT2D eigenvalue weighted by Crippen LogP contribution is -2.31. The van der Waals surface area contributed by atoms with E-state index in [1.807, 2.05) is 6.20 Å². The summed E-state index contributed by atoms with van der Waals surface area (Å²) in [6, 6.07) is 8.58. The van der Waals surface area contributed by atoms with Crippen molar-refractivity contribution in [2.45, 2.75) is 13.1 Å². The van der Waals surface area contributed by atoms with Gasteiger partial charge >= 0.3 is 0 Å². The molecule has 2 aliphatic rings. The second kappa shape index (κ2) is 3.56. The normalized spacial score (nSPS) is 21.7. The molecule has 1 unspecified atom stereocenters. The first-order valence-electron chi connectivity index (χ1n) is 5.50. The number of allylic oxidation sites excluding steroid dienone is 2. The highest BCUT2D eigenvalue weighted by molar-refractivity contribution is 5.75. The van der Waals surface area contributed by atoms with Crippen molar-refractivity contribution in [1.29, 1.82) is 0 Å². The van der Waals surface area contributed by atoms with Gasteiger partial charge in [-0.05, 0) is 24.1 Å². The fourth-order valence-corrected chi connectivity index (χ4v) is 2.08. The first-order valence-corrected chi connectivity index (χ1v) is 5.50. The lowest BCUT2D eigenvalue weighted by atomic mass is 10.0. The summed E-state index contributed by atoms with van der Waals surface area (Å²) in [5.41, 5.74) is 3.83. The van der Waals surface area contributed by atoms with Crippen molar-refractivity contribution in [3.05, 3.63) is 66.1 Å². The minimum absolute atomic E-state index is 0.300. The minimum Gasteiger partial charge on any atom is -0.366 e. The zero-order valence-corrected chi connectivity index (χ0v) is 9.22. The van der Waals surface area contributed by atoms with E-state index in [1.165, 1.54) is 16.7 Å². The Kier molecular flexibility index (Phi) is 2.07. The molecule has 0 radical (unpaired) electrons. The molecule has 0 saturated heterocycles. The van der Waals surface area contributed by atoms with Gasteiger partial charge in [-0.25, -0.2) is 0 Å². The van der Waals surface area contributed by atoms with Gasteiger partial charge in [0.2, 0.25) is 0 Å². The molecule has 2 aliphatic heterocycles. The van der Waals surface area contributed by atoms with Crippen molar-refractivity contribution >= 4 is 5.57 Å². The topological polar surface area (TPSA) is 15.3 Å². The molecule has 0 spiro atoms. The van der Waals surface area contributed by atoms with E-state index in [1.54, 1.807) is 0 Å². The summed E-state index contributed by atoms with van der Waals surface area (Å²) in [7, 11) is 0. The van der Waals surface area contributed by atoms with Crippen LogP contribution in [0.15, 0.2) is 55.0 Å². The predicted molar refractivity (Wildman–Crippen MR) is 66.2 cm³/mol. The van der Waals surface area contributed by atoms with Crippen LogP contribution < -0.4 is 5.32 Å². The molecule has 2 heterocycles. The summed E-state index contributed by atoms with van der Waals surface area (Å²) >= 11 is 0. The third-order valence-corrected chi connectivity index (χ3v) is 2.93. The Morgan fingerprint density at radius 1 is 1.31 bits per heavy atom. The highest BCUT2D eigenvalue weighted by Gasteiger charge is 2.17. The molecular formula is C14H14N2. The molecule has 0 fully saturated rings. The summed E-state index contributed by atoms with van der Waals surface area (Å²) in [6.45, 7) is 2.12. The van der Waals surface area contributed by atoms with E-state index in [2.05, 4.69) is 66.0 Å². The van der Waals surface area contributed by atoms with Crippen LogP contribution in [0.1, 0.15) is 11.1 Å². The number of benzene rings is 1. The number of hydrogen-bond donors (Lipinski definition) is 1. The molecule has 1 aromatic rings. The van der Waals surface area contributed by atoms with E-state index in [9.17, 15) is 0 Å². The quantitative estimate of drug-likeness (QED) is 0.766. The summed E-state index contributed by atoms with van der Waals surface area (Å²) in [5, 5.41) is 3.26. The second-order valence-electron chi connectivity index (χ2n) is 4.19. The summed E-state index contributed by atoms with van der Waals surface area (Å²) in [4.78, 5) is 2.18. The predicted octanol–water partition coefficient (Wildman–Crippen LogP) is 2.61. The molecule has 1 atom stereocenters. The van der Waals surface area contributed by atoms with Crippen LogP contribution in [0.2, 0.25) is 0 Å². The maximum absolute atomic E-state index is 3.26. The van der Waals surface area contributed by atoms with Crippen LogP contribution in [-0.2, 0) is 0 Å². The molecule has 0 saturated carbocycles. The van der Waals surface area contributed by atoms with Gasteiger partial charge in [-0.15, -0.1) is 0 Å². The second-order valence-corrected chi connectivity index (χ2v) is 4.19. The largest absolute Gasteiger partial charge is 0.366 e. The van der Waals surface area contributed by atoms with Crippen molar-refractivity contribution in [2.75, 3.05) is 0 Å². The molecule has 0 aliphatic carbocycles. The van der Waals surface area contributed by atoms with Gasteiger partial charge in [0.1, 0.15) is 6.17 Å². The lowest BCUT2D eigenvalue weighted by Gasteiger charge is -2.24. The SMILES string of the molecule is Cc1cccc(C2=CN3C=CNC3C=C2)c1. The van der Waals surface area contributed by atoms with Gasteiger partial charge in [0.25, 0.3) is 0 Å². The maximum Gasteiger partial charge on any atom is 0.122 e. The summed E-state index contributed by atoms with van der Waals surface area (Å²) < 4.78 is 0. The average molecular weight is 210 g/mol. The Hall–Kier alpha value is -1.96. The molecule has 0 aromatic heterocycles. The minimum atomic E-state index is 0.300. The first kappa shape index (κ1) is 9.28.